The number of carbonyl (C=O) groups excluding carboxylic acids is 1. The van der Waals surface area contributed by atoms with Gasteiger partial charge >= 0.3 is 0 Å². The average Bonchev–Trinajstić information content (AvgIpc) is 3.19. The van der Waals surface area contributed by atoms with Crippen LogP contribution in [0.5, 0.6) is 5.75 Å². The maximum atomic E-state index is 12.1. The number of nitrogen functional groups attached to an aromatic ring is 1. The number of carbonyl (C=O) groups is 1. The zero-order chi connectivity index (χ0) is 22.5. The highest BCUT2D eigenvalue weighted by molar-refractivity contribution is 5.95. The highest BCUT2D eigenvalue weighted by Gasteiger charge is 2.22. The Morgan fingerprint density at radius 2 is 1.97 bits per heavy atom. The lowest BCUT2D eigenvalue weighted by atomic mass is 10.1. The van der Waals surface area contributed by atoms with E-state index in [1.54, 1.807) is 4.90 Å². The molecule has 0 atom stereocenters. The Labute approximate surface area is 187 Å². The summed E-state index contributed by atoms with van der Waals surface area (Å²) in [6.07, 6.45) is 2.33. The molecule has 2 aromatic carbocycles. The molecule has 1 fully saturated rings. The van der Waals surface area contributed by atoms with E-state index in [0.717, 1.165) is 30.6 Å². The molecule has 0 spiro atoms. The summed E-state index contributed by atoms with van der Waals surface area (Å²) in [5.74, 6) is 1.82. The first-order valence-electron chi connectivity index (χ1n) is 10.8. The van der Waals surface area contributed by atoms with Gasteiger partial charge in [-0.2, -0.15) is 15.0 Å². The van der Waals surface area contributed by atoms with E-state index in [1.165, 1.54) is 11.1 Å². The summed E-state index contributed by atoms with van der Waals surface area (Å²) in [7, 11) is 0. The summed E-state index contributed by atoms with van der Waals surface area (Å²) in [6.45, 7) is 5.65. The first-order valence-corrected chi connectivity index (χ1v) is 10.8. The molecule has 1 saturated heterocycles. The molecule has 8 nitrogen and oxygen atoms in total. The van der Waals surface area contributed by atoms with Crippen LogP contribution in [0.15, 0.2) is 42.5 Å². The molecular weight excluding hydrogens is 404 g/mol. The Morgan fingerprint density at radius 3 is 2.75 bits per heavy atom. The maximum absolute atomic E-state index is 12.1. The summed E-state index contributed by atoms with van der Waals surface area (Å²) in [4.78, 5) is 26.7. The molecular formula is C24H28N6O2. The van der Waals surface area contributed by atoms with E-state index in [4.69, 9.17) is 10.5 Å². The van der Waals surface area contributed by atoms with E-state index in [-0.39, 0.29) is 18.5 Å². The van der Waals surface area contributed by atoms with Crippen molar-refractivity contribution in [3.05, 3.63) is 65.0 Å². The summed E-state index contributed by atoms with van der Waals surface area (Å²) >= 11 is 0. The van der Waals surface area contributed by atoms with E-state index >= 15 is 0 Å². The van der Waals surface area contributed by atoms with Crippen molar-refractivity contribution in [2.24, 2.45) is 0 Å². The highest BCUT2D eigenvalue weighted by atomic mass is 16.5. The smallest absolute Gasteiger partial charge is 0.227 e. The van der Waals surface area contributed by atoms with Crippen molar-refractivity contribution >= 4 is 23.5 Å². The number of amides is 1. The van der Waals surface area contributed by atoms with Gasteiger partial charge in [0.1, 0.15) is 12.4 Å². The summed E-state index contributed by atoms with van der Waals surface area (Å²) in [5.41, 5.74) is 10.3. The van der Waals surface area contributed by atoms with Crippen molar-refractivity contribution in [2.45, 2.75) is 39.7 Å². The molecule has 0 saturated carbocycles. The lowest BCUT2D eigenvalue weighted by Gasteiger charge is -2.18. The zero-order valence-electron chi connectivity index (χ0n) is 18.5. The molecule has 0 radical (unpaired) electrons. The van der Waals surface area contributed by atoms with Crippen LogP contribution in [0, 0.1) is 13.8 Å². The number of nitrogens with two attached hydrogens (primary N) is 1. The van der Waals surface area contributed by atoms with Crippen molar-refractivity contribution in [1.82, 2.24) is 15.0 Å². The number of benzene rings is 2. The molecule has 1 aromatic heterocycles. The number of hydrogen-bond acceptors (Lipinski definition) is 7. The average molecular weight is 433 g/mol. The largest absolute Gasteiger partial charge is 0.486 e. The molecule has 1 amide bonds. The molecule has 4 rings (SSSR count). The van der Waals surface area contributed by atoms with Crippen molar-refractivity contribution in [3.63, 3.8) is 0 Å². The number of anilines is 3. The molecule has 166 valence electrons. The van der Waals surface area contributed by atoms with E-state index < -0.39 is 0 Å². The quantitative estimate of drug-likeness (QED) is 0.562. The fourth-order valence-electron chi connectivity index (χ4n) is 3.82. The minimum atomic E-state index is 0.143. The fourth-order valence-corrected chi connectivity index (χ4v) is 3.82. The fraction of sp³-hybridized carbons (Fsp3) is 0.333. The number of aryl methyl sites for hydroxylation is 2. The lowest BCUT2D eigenvalue weighted by Crippen LogP contribution is -2.23. The second kappa shape index (κ2) is 9.64. The summed E-state index contributed by atoms with van der Waals surface area (Å²) in [5, 5.41) is 3.22. The van der Waals surface area contributed by atoms with Crippen molar-refractivity contribution in [1.29, 1.82) is 0 Å². The van der Waals surface area contributed by atoms with Gasteiger partial charge in [0.15, 0.2) is 5.82 Å². The molecule has 1 aliphatic heterocycles. The van der Waals surface area contributed by atoms with Crippen LogP contribution in [-0.2, 0) is 17.8 Å². The lowest BCUT2D eigenvalue weighted by molar-refractivity contribution is -0.117. The predicted octanol–water partition coefficient (Wildman–Crippen LogP) is 3.43. The summed E-state index contributed by atoms with van der Waals surface area (Å²) in [6, 6.07) is 14.1. The van der Waals surface area contributed by atoms with Crippen LogP contribution in [0.2, 0.25) is 0 Å². The minimum absolute atomic E-state index is 0.143. The Morgan fingerprint density at radius 1 is 1.12 bits per heavy atom. The number of rotatable bonds is 8. The van der Waals surface area contributed by atoms with Crippen LogP contribution < -0.4 is 20.7 Å². The van der Waals surface area contributed by atoms with Gasteiger partial charge in [-0.15, -0.1) is 0 Å². The molecule has 8 heteroatoms. The maximum Gasteiger partial charge on any atom is 0.227 e. The van der Waals surface area contributed by atoms with Crippen LogP contribution in [-0.4, -0.2) is 33.9 Å². The van der Waals surface area contributed by atoms with Crippen LogP contribution in [0.4, 0.5) is 17.6 Å². The molecule has 32 heavy (non-hydrogen) atoms. The Balaban J connectivity index is 1.39. The Kier molecular flexibility index (Phi) is 6.49. The number of hydrogen-bond donors (Lipinski definition) is 2. The van der Waals surface area contributed by atoms with Crippen molar-refractivity contribution in [2.75, 3.05) is 29.0 Å². The summed E-state index contributed by atoms with van der Waals surface area (Å²) < 4.78 is 5.93. The number of aromatic nitrogens is 3. The van der Waals surface area contributed by atoms with Gasteiger partial charge in [-0.3, -0.25) is 4.79 Å². The van der Waals surface area contributed by atoms with Crippen LogP contribution in [0.25, 0.3) is 0 Å². The van der Waals surface area contributed by atoms with Crippen LogP contribution in [0.1, 0.15) is 35.4 Å². The topological polar surface area (TPSA) is 106 Å². The Bertz CT molecular complexity index is 1120. The zero-order valence-corrected chi connectivity index (χ0v) is 18.5. The van der Waals surface area contributed by atoms with Gasteiger partial charge < -0.3 is 20.7 Å². The molecule has 1 aliphatic rings. The number of nitrogens with one attached hydrogen (secondary N) is 1. The van der Waals surface area contributed by atoms with E-state index in [2.05, 4.69) is 39.3 Å². The number of ether oxygens (including phenoxy) is 1. The SMILES string of the molecule is Cc1cc(OCc2nc(N)nc(NCCc3ccccc3C)n2)cc(N2CCCC2=O)c1. The Hall–Kier alpha value is -3.68. The molecule has 0 bridgehead atoms. The van der Waals surface area contributed by atoms with E-state index in [1.807, 2.05) is 37.3 Å². The first-order chi connectivity index (χ1) is 15.5. The number of nitrogens with zero attached hydrogens (tertiary/aromatic N) is 4. The van der Waals surface area contributed by atoms with Crippen LogP contribution in [0.3, 0.4) is 0 Å². The predicted molar refractivity (Wildman–Crippen MR) is 125 cm³/mol. The monoisotopic (exact) mass is 432 g/mol. The molecule has 3 N–H and O–H groups in total. The molecule has 0 unspecified atom stereocenters. The van der Waals surface area contributed by atoms with Gasteiger partial charge in [-0.05, 0) is 55.5 Å². The molecule has 2 heterocycles. The molecule has 0 aliphatic carbocycles. The first kappa shape index (κ1) is 21.5. The second-order valence-corrected chi connectivity index (χ2v) is 7.98. The van der Waals surface area contributed by atoms with Gasteiger partial charge in [0.25, 0.3) is 0 Å². The van der Waals surface area contributed by atoms with Gasteiger partial charge in [0, 0.05) is 31.3 Å². The van der Waals surface area contributed by atoms with Crippen molar-refractivity contribution < 1.29 is 9.53 Å². The normalized spacial score (nSPS) is 13.4. The van der Waals surface area contributed by atoms with Crippen molar-refractivity contribution in [3.8, 4) is 5.75 Å². The standard InChI is InChI=1S/C24H28N6O2/c1-16-12-19(30-11-5-8-22(30)31)14-20(13-16)32-15-21-27-23(25)29-24(28-21)26-10-9-18-7-4-3-6-17(18)2/h3-4,6-7,12-14H,5,8-11,15H2,1-2H3,(H3,25,26,27,28,29). The van der Waals surface area contributed by atoms with E-state index in [9.17, 15) is 4.79 Å². The van der Waals surface area contributed by atoms with E-state index in [0.29, 0.717) is 30.5 Å². The van der Waals surface area contributed by atoms with Gasteiger partial charge in [-0.25, -0.2) is 0 Å². The second-order valence-electron chi connectivity index (χ2n) is 7.98. The molecule has 3 aromatic rings. The third-order valence-electron chi connectivity index (χ3n) is 5.43. The van der Waals surface area contributed by atoms with Gasteiger partial charge in [0.05, 0.1) is 0 Å². The third-order valence-corrected chi connectivity index (χ3v) is 5.43. The highest BCUT2D eigenvalue weighted by Crippen LogP contribution is 2.27. The minimum Gasteiger partial charge on any atom is -0.486 e. The van der Waals surface area contributed by atoms with Crippen LogP contribution >= 0.6 is 0 Å². The van der Waals surface area contributed by atoms with Gasteiger partial charge in [0.2, 0.25) is 17.8 Å². The third kappa shape index (κ3) is 5.32. The van der Waals surface area contributed by atoms with Gasteiger partial charge in [-0.1, -0.05) is 24.3 Å².